The summed E-state index contributed by atoms with van der Waals surface area (Å²) in [5.41, 5.74) is 4.76. The van der Waals surface area contributed by atoms with Crippen LogP contribution in [0.4, 0.5) is 18.0 Å². The number of hydrogen-bond acceptors (Lipinski definition) is 4. The molecule has 1 aliphatic rings. The van der Waals surface area contributed by atoms with Crippen LogP contribution >= 0.6 is 0 Å². The zero-order chi connectivity index (χ0) is 15.3. The fourth-order valence-electron chi connectivity index (χ4n) is 1.98. The van der Waals surface area contributed by atoms with Crippen LogP contribution in [0.3, 0.4) is 0 Å². The van der Waals surface area contributed by atoms with Gasteiger partial charge in [0.1, 0.15) is 6.54 Å². The average molecular weight is 296 g/mol. The standard InChI is InChI=1S/C10H15F3N4O3/c11-10(12,13)5-15-8(19)6-2-1-3-17(6)4-7(18)16-9(14)20/h6H,1-5H2,(H,15,19)(H3,14,16,18,20)/t6-/m0/s1. The van der Waals surface area contributed by atoms with Crippen LogP contribution < -0.4 is 16.4 Å². The van der Waals surface area contributed by atoms with Gasteiger partial charge >= 0.3 is 12.2 Å². The Balaban J connectivity index is 2.50. The van der Waals surface area contributed by atoms with Crippen LogP contribution in [0, 0.1) is 0 Å². The maximum absolute atomic E-state index is 12.0. The van der Waals surface area contributed by atoms with Gasteiger partial charge < -0.3 is 11.1 Å². The van der Waals surface area contributed by atoms with E-state index in [4.69, 9.17) is 5.73 Å². The fourth-order valence-corrected chi connectivity index (χ4v) is 1.98. The molecule has 0 unspecified atom stereocenters. The Hall–Kier alpha value is -1.84. The average Bonchev–Trinajstić information content (AvgIpc) is 2.71. The molecule has 10 heteroatoms. The summed E-state index contributed by atoms with van der Waals surface area (Å²) in [6.07, 6.45) is -3.55. The van der Waals surface area contributed by atoms with Gasteiger partial charge in [0.25, 0.3) is 0 Å². The number of nitrogens with zero attached hydrogens (tertiary/aromatic N) is 1. The number of carbonyl (C=O) groups is 3. The number of nitrogens with two attached hydrogens (primary N) is 1. The van der Waals surface area contributed by atoms with Crippen LogP contribution in [0.25, 0.3) is 0 Å². The van der Waals surface area contributed by atoms with Gasteiger partial charge in [0.2, 0.25) is 11.8 Å². The predicted molar refractivity (Wildman–Crippen MR) is 61.4 cm³/mol. The van der Waals surface area contributed by atoms with Gasteiger partial charge in [0, 0.05) is 0 Å². The molecule has 0 aliphatic carbocycles. The first-order valence-corrected chi connectivity index (χ1v) is 5.87. The van der Waals surface area contributed by atoms with Crippen molar-refractivity contribution in [3.8, 4) is 0 Å². The van der Waals surface area contributed by atoms with Crippen molar-refractivity contribution < 1.29 is 27.6 Å². The molecule has 0 aromatic carbocycles. The lowest BCUT2D eigenvalue weighted by Crippen LogP contribution is -2.49. The Labute approximate surface area is 112 Å². The summed E-state index contributed by atoms with van der Waals surface area (Å²) in [6.45, 7) is -1.30. The minimum atomic E-state index is -4.48. The molecule has 1 atom stereocenters. The number of rotatable bonds is 4. The number of halogens is 3. The first kappa shape index (κ1) is 16.2. The summed E-state index contributed by atoms with van der Waals surface area (Å²) in [7, 11) is 0. The molecular formula is C10H15F3N4O3. The monoisotopic (exact) mass is 296 g/mol. The van der Waals surface area contributed by atoms with E-state index in [1.54, 1.807) is 5.32 Å². The lowest BCUT2D eigenvalue weighted by Gasteiger charge is -2.23. The Morgan fingerprint density at radius 2 is 1.95 bits per heavy atom. The third-order valence-corrected chi connectivity index (χ3v) is 2.74. The number of urea groups is 1. The van der Waals surface area contributed by atoms with Gasteiger partial charge in [-0.05, 0) is 19.4 Å². The van der Waals surface area contributed by atoms with E-state index in [0.29, 0.717) is 19.4 Å². The maximum Gasteiger partial charge on any atom is 0.405 e. The molecule has 20 heavy (non-hydrogen) atoms. The van der Waals surface area contributed by atoms with E-state index < -0.39 is 36.6 Å². The summed E-state index contributed by atoms with van der Waals surface area (Å²) >= 11 is 0. The van der Waals surface area contributed by atoms with Crippen molar-refractivity contribution in [2.24, 2.45) is 5.73 Å². The lowest BCUT2D eigenvalue weighted by molar-refractivity contribution is -0.141. The minimum Gasteiger partial charge on any atom is -0.351 e. The zero-order valence-electron chi connectivity index (χ0n) is 10.5. The second-order valence-electron chi connectivity index (χ2n) is 4.37. The molecule has 0 aromatic heterocycles. The molecule has 0 spiro atoms. The van der Waals surface area contributed by atoms with Crippen molar-refractivity contribution in [1.82, 2.24) is 15.5 Å². The molecule has 114 valence electrons. The van der Waals surface area contributed by atoms with E-state index in [1.807, 2.05) is 5.32 Å². The highest BCUT2D eigenvalue weighted by Crippen LogP contribution is 2.18. The summed E-state index contributed by atoms with van der Waals surface area (Å²) in [4.78, 5) is 34.8. The van der Waals surface area contributed by atoms with Crippen molar-refractivity contribution in [2.45, 2.75) is 25.1 Å². The lowest BCUT2D eigenvalue weighted by atomic mass is 10.2. The van der Waals surface area contributed by atoms with E-state index in [0.717, 1.165) is 0 Å². The Morgan fingerprint density at radius 3 is 2.50 bits per heavy atom. The molecule has 0 saturated carbocycles. The van der Waals surface area contributed by atoms with Gasteiger partial charge in [0.05, 0.1) is 12.6 Å². The molecule has 4 amide bonds. The van der Waals surface area contributed by atoms with E-state index in [1.165, 1.54) is 4.90 Å². The van der Waals surface area contributed by atoms with Crippen molar-refractivity contribution in [3.05, 3.63) is 0 Å². The van der Waals surface area contributed by atoms with Gasteiger partial charge in [-0.1, -0.05) is 0 Å². The second-order valence-corrected chi connectivity index (χ2v) is 4.37. The number of imide groups is 1. The Kier molecular flexibility index (Phi) is 5.31. The Morgan fingerprint density at radius 1 is 1.30 bits per heavy atom. The molecule has 1 rings (SSSR count). The molecule has 1 aliphatic heterocycles. The summed E-state index contributed by atoms with van der Waals surface area (Å²) in [6, 6.07) is -1.83. The number of primary amides is 1. The number of hydrogen-bond donors (Lipinski definition) is 3. The van der Waals surface area contributed by atoms with E-state index in [-0.39, 0.29) is 6.54 Å². The first-order chi connectivity index (χ1) is 9.19. The number of amides is 4. The van der Waals surface area contributed by atoms with Gasteiger partial charge in [-0.2, -0.15) is 13.2 Å². The molecule has 1 heterocycles. The van der Waals surface area contributed by atoms with Crippen molar-refractivity contribution in [2.75, 3.05) is 19.6 Å². The van der Waals surface area contributed by atoms with Gasteiger partial charge in [-0.15, -0.1) is 0 Å². The highest BCUT2D eigenvalue weighted by Gasteiger charge is 2.34. The molecule has 0 aromatic rings. The second kappa shape index (κ2) is 6.55. The smallest absolute Gasteiger partial charge is 0.351 e. The highest BCUT2D eigenvalue weighted by molar-refractivity contribution is 5.94. The van der Waals surface area contributed by atoms with Crippen molar-refractivity contribution >= 4 is 17.8 Å². The van der Waals surface area contributed by atoms with Gasteiger partial charge in [-0.25, -0.2) is 4.79 Å². The zero-order valence-corrected chi connectivity index (χ0v) is 10.5. The minimum absolute atomic E-state index is 0.271. The molecule has 1 saturated heterocycles. The quantitative estimate of drug-likeness (QED) is 0.639. The molecule has 4 N–H and O–H groups in total. The Bertz CT molecular complexity index is 400. The summed E-state index contributed by atoms with van der Waals surface area (Å²) in [5, 5.41) is 3.61. The third kappa shape index (κ3) is 5.43. The number of alkyl halides is 3. The number of nitrogens with one attached hydrogen (secondary N) is 2. The van der Waals surface area contributed by atoms with Crippen LogP contribution in [-0.2, 0) is 9.59 Å². The normalized spacial score (nSPS) is 19.6. The molecule has 7 nitrogen and oxygen atoms in total. The van der Waals surface area contributed by atoms with Crippen LogP contribution in [0.1, 0.15) is 12.8 Å². The molecule has 0 bridgehead atoms. The fraction of sp³-hybridized carbons (Fsp3) is 0.700. The molecular weight excluding hydrogens is 281 g/mol. The van der Waals surface area contributed by atoms with E-state index in [9.17, 15) is 27.6 Å². The highest BCUT2D eigenvalue weighted by atomic mass is 19.4. The molecule has 0 radical (unpaired) electrons. The van der Waals surface area contributed by atoms with Crippen LogP contribution in [0.15, 0.2) is 0 Å². The maximum atomic E-state index is 12.0. The summed E-state index contributed by atoms with van der Waals surface area (Å²) < 4.78 is 36.0. The van der Waals surface area contributed by atoms with E-state index in [2.05, 4.69) is 0 Å². The number of likely N-dealkylation sites (tertiary alicyclic amines) is 1. The van der Waals surface area contributed by atoms with Crippen LogP contribution in [-0.4, -0.2) is 54.6 Å². The topological polar surface area (TPSA) is 105 Å². The first-order valence-electron chi connectivity index (χ1n) is 5.87. The van der Waals surface area contributed by atoms with E-state index >= 15 is 0 Å². The number of carbonyl (C=O) groups excluding carboxylic acids is 3. The van der Waals surface area contributed by atoms with Gasteiger partial charge in [-0.3, -0.25) is 19.8 Å². The molecule has 1 fully saturated rings. The summed E-state index contributed by atoms with van der Waals surface area (Å²) in [5.74, 6) is -1.49. The SMILES string of the molecule is NC(=O)NC(=O)CN1CCC[C@H]1C(=O)NCC(F)(F)F. The van der Waals surface area contributed by atoms with Crippen molar-refractivity contribution in [3.63, 3.8) is 0 Å². The third-order valence-electron chi connectivity index (χ3n) is 2.74. The van der Waals surface area contributed by atoms with Crippen LogP contribution in [0.2, 0.25) is 0 Å². The predicted octanol–water partition coefficient (Wildman–Crippen LogP) is -0.676. The van der Waals surface area contributed by atoms with Gasteiger partial charge in [0.15, 0.2) is 0 Å². The van der Waals surface area contributed by atoms with Crippen LogP contribution in [0.5, 0.6) is 0 Å². The van der Waals surface area contributed by atoms with Crippen molar-refractivity contribution in [1.29, 1.82) is 0 Å². The largest absolute Gasteiger partial charge is 0.405 e.